The number of carbonyl (C=O) groups is 3. The lowest BCUT2D eigenvalue weighted by molar-refractivity contribution is -0.115. The van der Waals surface area contributed by atoms with E-state index >= 15 is 0 Å². The van der Waals surface area contributed by atoms with Gasteiger partial charge in [-0.1, -0.05) is 6.07 Å². The Morgan fingerprint density at radius 2 is 1.75 bits per heavy atom. The maximum atomic E-state index is 12.5. The quantitative estimate of drug-likeness (QED) is 0.546. The molecule has 0 bridgehead atoms. The van der Waals surface area contributed by atoms with Crippen molar-refractivity contribution in [1.82, 2.24) is 0 Å². The van der Waals surface area contributed by atoms with Crippen molar-refractivity contribution in [3.63, 3.8) is 0 Å². The number of aryl methyl sites for hydroxylation is 1. The zero-order chi connectivity index (χ0) is 20.8. The molecular weight excluding hydrogens is 366 g/mol. The monoisotopic (exact) mass is 389 g/mol. The van der Waals surface area contributed by atoms with Gasteiger partial charge in [0.2, 0.25) is 11.8 Å². The number of rotatable bonds is 8. The molecule has 1 aromatic carbocycles. The first-order chi connectivity index (χ1) is 13.3. The molecule has 2 aromatic rings. The van der Waals surface area contributed by atoms with Crippen LogP contribution in [0.5, 0.6) is 11.5 Å². The van der Waals surface area contributed by atoms with Crippen molar-refractivity contribution in [2.75, 3.05) is 26.1 Å². The number of esters is 1. The molecule has 28 heavy (non-hydrogen) atoms. The van der Waals surface area contributed by atoms with Crippen LogP contribution in [0, 0.1) is 6.92 Å². The van der Waals surface area contributed by atoms with Crippen LogP contribution in [0.3, 0.4) is 0 Å². The Balaban J connectivity index is 2.27. The zero-order valence-electron chi connectivity index (χ0n) is 16.5. The first-order valence-electron chi connectivity index (χ1n) is 8.64. The highest BCUT2D eigenvalue weighted by Crippen LogP contribution is 2.30. The minimum atomic E-state index is -0.731. The van der Waals surface area contributed by atoms with Crippen molar-refractivity contribution in [3.8, 4) is 11.5 Å². The van der Waals surface area contributed by atoms with Crippen molar-refractivity contribution in [3.05, 3.63) is 40.6 Å². The van der Waals surface area contributed by atoms with Crippen LogP contribution >= 0.6 is 0 Å². The van der Waals surface area contributed by atoms with Crippen LogP contribution in [0.1, 0.15) is 45.9 Å². The van der Waals surface area contributed by atoms with Crippen LogP contribution in [0.15, 0.2) is 22.6 Å². The van der Waals surface area contributed by atoms with E-state index in [0.29, 0.717) is 17.1 Å². The molecule has 0 fully saturated rings. The van der Waals surface area contributed by atoms with Crippen LogP contribution in [0.2, 0.25) is 0 Å². The van der Waals surface area contributed by atoms with E-state index in [2.05, 4.69) is 5.32 Å². The average Bonchev–Trinajstić information content (AvgIpc) is 2.97. The van der Waals surface area contributed by atoms with E-state index in [1.54, 1.807) is 32.0 Å². The van der Waals surface area contributed by atoms with E-state index in [0.717, 1.165) is 0 Å². The summed E-state index contributed by atoms with van der Waals surface area (Å²) in [6.45, 7) is 4.63. The lowest BCUT2D eigenvalue weighted by atomic mass is 10.1. The van der Waals surface area contributed by atoms with Crippen LogP contribution < -0.4 is 14.8 Å². The van der Waals surface area contributed by atoms with Gasteiger partial charge in [-0.15, -0.1) is 0 Å². The minimum absolute atomic E-state index is 0.00221. The Morgan fingerprint density at radius 1 is 1.07 bits per heavy atom. The molecule has 0 saturated carbocycles. The standard InChI is InChI=1S/C20H23NO7/c1-6-27-20(24)18-17(11(2)22)12(3)28-19(18)21-16(23)10-13-7-8-14(25-4)15(9-13)26-5/h7-9H,6,10H2,1-5H3,(H,21,23). The average molecular weight is 389 g/mol. The first kappa shape index (κ1) is 21.0. The van der Waals surface area contributed by atoms with Gasteiger partial charge in [-0.25, -0.2) is 4.79 Å². The molecule has 1 N–H and O–H groups in total. The maximum Gasteiger partial charge on any atom is 0.344 e. The second kappa shape index (κ2) is 9.07. The Hall–Kier alpha value is -3.29. The summed E-state index contributed by atoms with van der Waals surface area (Å²) >= 11 is 0. The van der Waals surface area contributed by atoms with E-state index in [1.165, 1.54) is 21.1 Å². The summed E-state index contributed by atoms with van der Waals surface area (Å²) in [5.74, 6) is -0.349. The van der Waals surface area contributed by atoms with Gasteiger partial charge in [0.25, 0.3) is 0 Å². The lowest BCUT2D eigenvalue weighted by Crippen LogP contribution is -2.17. The summed E-state index contributed by atoms with van der Waals surface area (Å²) in [4.78, 5) is 36.7. The van der Waals surface area contributed by atoms with Gasteiger partial charge in [0.1, 0.15) is 11.3 Å². The summed E-state index contributed by atoms with van der Waals surface area (Å²) in [7, 11) is 3.02. The van der Waals surface area contributed by atoms with Gasteiger partial charge < -0.3 is 18.6 Å². The minimum Gasteiger partial charge on any atom is -0.493 e. The first-order valence-corrected chi connectivity index (χ1v) is 8.64. The fourth-order valence-electron chi connectivity index (χ4n) is 2.80. The molecule has 150 valence electrons. The fraction of sp³-hybridized carbons (Fsp3) is 0.350. The Bertz CT molecular complexity index is 898. The van der Waals surface area contributed by atoms with E-state index in [-0.39, 0.29) is 41.6 Å². The second-order valence-electron chi connectivity index (χ2n) is 5.93. The molecule has 1 amide bonds. The summed E-state index contributed by atoms with van der Waals surface area (Å²) in [5.41, 5.74) is 0.690. The number of amides is 1. The number of hydrogen-bond donors (Lipinski definition) is 1. The molecule has 2 rings (SSSR count). The number of ether oxygens (including phenoxy) is 3. The van der Waals surface area contributed by atoms with Crippen LogP contribution in [0.4, 0.5) is 5.88 Å². The highest BCUT2D eigenvalue weighted by molar-refractivity contribution is 6.10. The summed E-state index contributed by atoms with van der Waals surface area (Å²) in [6, 6.07) is 5.09. The smallest absolute Gasteiger partial charge is 0.344 e. The molecular formula is C20H23NO7. The van der Waals surface area contributed by atoms with Crippen LogP contribution in [-0.2, 0) is 16.0 Å². The third kappa shape index (κ3) is 4.51. The normalized spacial score (nSPS) is 10.3. The number of furan rings is 1. The van der Waals surface area contributed by atoms with Crippen molar-refractivity contribution in [2.24, 2.45) is 0 Å². The topological polar surface area (TPSA) is 104 Å². The third-order valence-corrected chi connectivity index (χ3v) is 3.98. The summed E-state index contributed by atoms with van der Waals surface area (Å²) in [6.07, 6.45) is -0.00221. The van der Waals surface area contributed by atoms with Crippen LogP contribution in [0.25, 0.3) is 0 Å². The van der Waals surface area contributed by atoms with E-state index in [4.69, 9.17) is 18.6 Å². The molecule has 0 aliphatic rings. The number of methoxy groups -OCH3 is 2. The highest BCUT2D eigenvalue weighted by Gasteiger charge is 2.28. The molecule has 8 nitrogen and oxygen atoms in total. The molecule has 0 radical (unpaired) electrons. The second-order valence-corrected chi connectivity index (χ2v) is 5.93. The van der Waals surface area contributed by atoms with Crippen LogP contribution in [-0.4, -0.2) is 38.5 Å². The molecule has 0 aliphatic heterocycles. The van der Waals surface area contributed by atoms with Gasteiger partial charge in [-0.2, -0.15) is 0 Å². The predicted molar refractivity (Wildman–Crippen MR) is 101 cm³/mol. The van der Waals surface area contributed by atoms with Gasteiger partial charge in [0, 0.05) is 0 Å². The number of nitrogens with one attached hydrogen (secondary N) is 1. The van der Waals surface area contributed by atoms with Crippen molar-refractivity contribution in [1.29, 1.82) is 0 Å². The number of Topliss-reactive ketones (excluding diaryl/α,β-unsaturated/α-hetero) is 1. The number of benzene rings is 1. The Morgan fingerprint density at radius 3 is 2.32 bits per heavy atom. The number of anilines is 1. The van der Waals surface area contributed by atoms with Crippen molar-refractivity contribution >= 4 is 23.5 Å². The summed E-state index contributed by atoms with van der Waals surface area (Å²) < 4.78 is 20.9. The SMILES string of the molecule is CCOC(=O)c1c(NC(=O)Cc2ccc(OC)c(OC)c2)oc(C)c1C(C)=O. The fourth-order valence-corrected chi connectivity index (χ4v) is 2.80. The largest absolute Gasteiger partial charge is 0.493 e. The lowest BCUT2D eigenvalue weighted by Gasteiger charge is -2.10. The van der Waals surface area contributed by atoms with Gasteiger partial charge in [-0.05, 0) is 38.5 Å². The number of ketones is 1. The molecule has 0 unspecified atom stereocenters. The van der Waals surface area contributed by atoms with Gasteiger partial charge in [-0.3, -0.25) is 14.9 Å². The zero-order valence-corrected chi connectivity index (χ0v) is 16.5. The van der Waals surface area contributed by atoms with Gasteiger partial charge >= 0.3 is 5.97 Å². The van der Waals surface area contributed by atoms with Crippen molar-refractivity contribution in [2.45, 2.75) is 27.2 Å². The van der Waals surface area contributed by atoms with Crippen molar-refractivity contribution < 1.29 is 33.0 Å². The molecule has 0 saturated heterocycles. The maximum absolute atomic E-state index is 12.5. The molecule has 0 aliphatic carbocycles. The molecule has 8 heteroatoms. The van der Waals surface area contributed by atoms with E-state index in [9.17, 15) is 14.4 Å². The molecule has 1 heterocycles. The van der Waals surface area contributed by atoms with Gasteiger partial charge in [0.05, 0.1) is 32.8 Å². The highest BCUT2D eigenvalue weighted by atomic mass is 16.5. The molecule has 0 atom stereocenters. The van der Waals surface area contributed by atoms with E-state index < -0.39 is 11.9 Å². The number of hydrogen-bond acceptors (Lipinski definition) is 7. The Labute approximate surface area is 162 Å². The van der Waals surface area contributed by atoms with E-state index in [1.807, 2.05) is 0 Å². The van der Waals surface area contributed by atoms with Gasteiger partial charge in [0.15, 0.2) is 17.3 Å². The third-order valence-electron chi connectivity index (χ3n) is 3.98. The summed E-state index contributed by atoms with van der Waals surface area (Å²) in [5, 5.41) is 2.55. The molecule has 1 aromatic heterocycles. The Kier molecular flexibility index (Phi) is 6.81. The predicted octanol–water partition coefficient (Wildman–Crippen LogP) is 3.17. The molecule has 0 spiro atoms. The number of carbonyl (C=O) groups excluding carboxylic acids is 3.